The SMILES string of the molecule is CCOc1ccc(-n2c(SCC(=O)Nc3ccccc3C(C)(C)C)nnc2-c2ccc(OC)cc2)cc1. The van der Waals surface area contributed by atoms with Gasteiger partial charge in [-0.15, -0.1) is 10.2 Å². The molecule has 0 fully saturated rings. The molecule has 0 aliphatic heterocycles. The molecule has 1 amide bonds. The molecule has 0 saturated carbocycles. The number of para-hydroxylation sites is 1. The Kier molecular flexibility index (Phi) is 8.18. The Morgan fingerprint density at radius 3 is 2.27 bits per heavy atom. The quantitative estimate of drug-likeness (QED) is 0.261. The predicted molar refractivity (Wildman–Crippen MR) is 149 cm³/mol. The van der Waals surface area contributed by atoms with E-state index in [0.29, 0.717) is 17.6 Å². The Labute approximate surface area is 222 Å². The number of methoxy groups -OCH3 is 1. The first-order valence-electron chi connectivity index (χ1n) is 12.2. The highest BCUT2D eigenvalue weighted by atomic mass is 32.2. The van der Waals surface area contributed by atoms with Crippen LogP contribution >= 0.6 is 11.8 Å². The summed E-state index contributed by atoms with van der Waals surface area (Å²) in [5.41, 5.74) is 3.59. The zero-order chi connectivity index (χ0) is 26.4. The molecule has 1 heterocycles. The topological polar surface area (TPSA) is 78.3 Å². The number of hydrogen-bond donors (Lipinski definition) is 1. The monoisotopic (exact) mass is 516 g/mol. The maximum absolute atomic E-state index is 13.0. The summed E-state index contributed by atoms with van der Waals surface area (Å²) in [7, 11) is 1.64. The van der Waals surface area contributed by atoms with Crippen LogP contribution in [0, 0.1) is 0 Å². The molecule has 0 atom stereocenters. The first kappa shape index (κ1) is 26.3. The van der Waals surface area contributed by atoms with E-state index in [9.17, 15) is 4.79 Å². The van der Waals surface area contributed by atoms with Crippen molar-refractivity contribution in [1.82, 2.24) is 14.8 Å². The number of carbonyl (C=O) groups is 1. The van der Waals surface area contributed by atoms with Crippen molar-refractivity contribution in [3.8, 4) is 28.6 Å². The second kappa shape index (κ2) is 11.5. The highest BCUT2D eigenvalue weighted by Crippen LogP contribution is 2.31. The molecule has 0 unspecified atom stereocenters. The molecule has 0 bridgehead atoms. The number of benzene rings is 3. The van der Waals surface area contributed by atoms with E-state index in [1.54, 1.807) is 7.11 Å². The third-order valence-corrected chi connectivity index (χ3v) is 6.66. The Morgan fingerprint density at radius 2 is 1.62 bits per heavy atom. The number of nitrogens with one attached hydrogen (secondary N) is 1. The molecule has 7 nitrogen and oxygen atoms in total. The summed E-state index contributed by atoms with van der Waals surface area (Å²) in [6.07, 6.45) is 0. The van der Waals surface area contributed by atoms with Gasteiger partial charge in [0.1, 0.15) is 11.5 Å². The molecule has 1 aromatic heterocycles. The van der Waals surface area contributed by atoms with Gasteiger partial charge >= 0.3 is 0 Å². The van der Waals surface area contributed by atoms with Crippen molar-refractivity contribution in [3.63, 3.8) is 0 Å². The molecule has 0 aliphatic rings. The van der Waals surface area contributed by atoms with E-state index < -0.39 is 0 Å². The molecular weight excluding hydrogens is 484 g/mol. The molecule has 0 aliphatic carbocycles. The number of hydrogen-bond acceptors (Lipinski definition) is 6. The van der Waals surface area contributed by atoms with Crippen LogP contribution in [-0.2, 0) is 10.2 Å². The van der Waals surface area contributed by atoms with Crippen molar-refractivity contribution in [2.75, 3.05) is 24.8 Å². The maximum atomic E-state index is 13.0. The molecule has 192 valence electrons. The van der Waals surface area contributed by atoms with Gasteiger partial charge in [-0.05, 0) is 72.5 Å². The summed E-state index contributed by atoms with van der Waals surface area (Å²) < 4.78 is 12.9. The second-order valence-corrected chi connectivity index (χ2v) is 10.4. The van der Waals surface area contributed by atoms with Gasteiger partial charge in [-0.2, -0.15) is 0 Å². The van der Waals surface area contributed by atoms with E-state index in [2.05, 4.69) is 36.3 Å². The van der Waals surface area contributed by atoms with Gasteiger partial charge in [0.05, 0.1) is 19.5 Å². The fraction of sp³-hybridized carbons (Fsp3) is 0.276. The molecule has 37 heavy (non-hydrogen) atoms. The minimum absolute atomic E-state index is 0.0852. The van der Waals surface area contributed by atoms with Gasteiger partial charge in [-0.3, -0.25) is 9.36 Å². The number of nitrogens with zero attached hydrogens (tertiary/aromatic N) is 3. The molecule has 4 rings (SSSR count). The average Bonchev–Trinajstić information content (AvgIpc) is 3.32. The number of aromatic nitrogens is 3. The summed E-state index contributed by atoms with van der Waals surface area (Å²) in [6.45, 7) is 8.94. The van der Waals surface area contributed by atoms with Crippen molar-refractivity contribution in [2.45, 2.75) is 38.3 Å². The van der Waals surface area contributed by atoms with Crippen molar-refractivity contribution in [2.24, 2.45) is 0 Å². The van der Waals surface area contributed by atoms with Crippen LogP contribution in [0.3, 0.4) is 0 Å². The van der Waals surface area contributed by atoms with Crippen LogP contribution in [0.15, 0.2) is 78.0 Å². The Bertz CT molecular complexity index is 1340. The van der Waals surface area contributed by atoms with Crippen LogP contribution in [0.4, 0.5) is 5.69 Å². The fourth-order valence-corrected chi connectivity index (χ4v) is 4.70. The van der Waals surface area contributed by atoms with Gasteiger partial charge in [-0.1, -0.05) is 50.7 Å². The summed E-state index contributed by atoms with van der Waals surface area (Å²) >= 11 is 1.34. The molecule has 0 radical (unpaired) electrons. The lowest BCUT2D eigenvalue weighted by atomic mass is 9.86. The third kappa shape index (κ3) is 6.32. The minimum Gasteiger partial charge on any atom is -0.497 e. The lowest BCUT2D eigenvalue weighted by Gasteiger charge is -2.23. The molecule has 0 saturated heterocycles. The van der Waals surface area contributed by atoms with E-state index in [1.165, 1.54) is 11.8 Å². The lowest BCUT2D eigenvalue weighted by Crippen LogP contribution is -2.20. The summed E-state index contributed by atoms with van der Waals surface area (Å²) in [6, 6.07) is 23.3. The van der Waals surface area contributed by atoms with Crippen LogP contribution in [-0.4, -0.2) is 40.1 Å². The highest BCUT2D eigenvalue weighted by Gasteiger charge is 2.20. The zero-order valence-corrected chi connectivity index (χ0v) is 22.6. The van der Waals surface area contributed by atoms with E-state index in [-0.39, 0.29) is 17.1 Å². The van der Waals surface area contributed by atoms with Gasteiger partial charge < -0.3 is 14.8 Å². The fourth-order valence-electron chi connectivity index (χ4n) is 3.94. The smallest absolute Gasteiger partial charge is 0.234 e. The summed E-state index contributed by atoms with van der Waals surface area (Å²) in [5, 5.41) is 12.6. The normalized spacial score (nSPS) is 11.3. The molecular formula is C29H32N4O3S. The Balaban J connectivity index is 1.60. The van der Waals surface area contributed by atoms with Crippen molar-refractivity contribution in [1.29, 1.82) is 0 Å². The van der Waals surface area contributed by atoms with Crippen LogP contribution in [0.5, 0.6) is 11.5 Å². The van der Waals surface area contributed by atoms with Crippen LogP contribution < -0.4 is 14.8 Å². The van der Waals surface area contributed by atoms with Gasteiger partial charge in [0, 0.05) is 16.9 Å². The third-order valence-electron chi connectivity index (χ3n) is 5.73. The van der Waals surface area contributed by atoms with Crippen LogP contribution in [0.1, 0.15) is 33.3 Å². The maximum Gasteiger partial charge on any atom is 0.234 e. The van der Waals surface area contributed by atoms with E-state index in [1.807, 2.05) is 84.3 Å². The van der Waals surface area contributed by atoms with Crippen molar-refractivity contribution in [3.05, 3.63) is 78.4 Å². The van der Waals surface area contributed by atoms with Gasteiger partial charge in [-0.25, -0.2) is 0 Å². The van der Waals surface area contributed by atoms with Crippen molar-refractivity contribution >= 4 is 23.4 Å². The van der Waals surface area contributed by atoms with Gasteiger partial charge in [0.25, 0.3) is 0 Å². The highest BCUT2D eigenvalue weighted by molar-refractivity contribution is 7.99. The first-order chi connectivity index (χ1) is 17.8. The number of anilines is 1. The average molecular weight is 517 g/mol. The molecule has 3 aromatic carbocycles. The molecule has 4 aromatic rings. The number of thioether (sulfide) groups is 1. The second-order valence-electron chi connectivity index (χ2n) is 9.43. The number of rotatable bonds is 9. The largest absolute Gasteiger partial charge is 0.497 e. The van der Waals surface area contributed by atoms with Crippen LogP contribution in [0.2, 0.25) is 0 Å². The zero-order valence-electron chi connectivity index (χ0n) is 21.8. The summed E-state index contributed by atoms with van der Waals surface area (Å²) in [5.74, 6) is 2.31. The van der Waals surface area contributed by atoms with Crippen LogP contribution in [0.25, 0.3) is 17.1 Å². The minimum atomic E-state index is -0.103. The van der Waals surface area contributed by atoms with E-state index >= 15 is 0 Å². The van der Waals surface area contributed by atoms with Gasteiger partial charge in [0.15, 0.2) is 11.0 Å². The first-order valence-corrected chi connectivity index (χ1v) is 13.1. The Morgan fingerprint density at radius 1 is 0.946 bits per heavy atom. The predicted octanol–water partition coefficient (Wildman–Crippen LogP) is 6.37. The van der Waals surface area contributed by atoms with E-state index in [4.69, 9.17) is 9.47 Å². The molecule has 8 heteroatoms. The molecule has 1 N–H and O–H groups in total. The number of carbonyl (C=O) groups excluding carboxylic acids is 1. The lowest BCUT2D eigenvalue weighted by molar-refractivity contribution is -0.113. The number of amides is 1. The molecule has 0 spiro atoms. The standard InChI is InChI=1S/C29H32N4O3S/c1-6-36-23-17-13-21(14-18-23)33-27(20-11-15-22(35-5)16-12-20)31-32-28(33)37-19-26(34)30-25-10-8-7-9-24(25)29(2,3)4/h7-18H,6,19H2,1-5H3,(H,30,34). The van der Waals surface area contributed by atoms with Crippen molar-refractivity contribution < 1.29 is 14.3 Å². The number of ether oxygens (including phenoxy) is 2. The van der Waals surface area contributed by atoms with Gasteiger partial charge in [0.2, 0.25) is 5.91 Å². The van der Waals surface area contributed by atoms with E-state index in [0.717, 1.165) is 34.0 Å². The summed E-state index contributed by atoms with van der Waals surface area (Å²) in [4.78, 5) is 13.0. The Hall–Kier alpha value is -3.78.